The Labute approximate surface area is 220 Å². The summed E-state index contributed by atoms with van der Waals surface area (Å²) in [7, 11) is -4.25. The first-order valence-electron chi connectivity index (χ1n) is 11.8. The van der Waals surface area contributed by atoms with Gasteiger partial charge in [-0.2, -0.15) is 13.7 Å². The molecule has 0 bridgehead atoms. The number of thiophene rings is 1. The molecule has 0 saturated carbocycles. The number of aryl methyl sites for hydroxylation is 1. The molecule has 0 radical (unpaired) electrons. The van der Waals surface area contributed by atoms with Gasteiger partial charge < -0.3 is 4.18 Å². The SMILES string of the molecule is Cc1ccc(S(=O)(=O)Oc2ccc(C=Nc3sc4c(c3C#N)CC[C@H](C(C)(C)C)C4)cc2)cc1[N+](=O)[O-]. The standard InChI is InChI=1S/C27H27N3O5S2/c1-17-5-11-21(14-24(17)30(31)32)37(33,34)35-20-9-6-18(7-10-20)16-29-26-23(15-28)22-12-8-19(27(2,3)4)13-25(22)36-26/h5-7,9-11,14,16,19H,8,12-13H2,1-4H3/t19-/m0/s1. The lowest BCUT2D eigenvalue weighted by atomic mass is 9.72. The zero-order valence-corrected chi connectivity index (χ0v) is 22.6. The molecule has 192 valence electrons. The van der Waals surface area contributed by atoms with E-state index in [2.05, 4.69) is 31.8 Å². The van der Waals surface area contributed by atoms with Crippen LogP contribution in [0.3, 0.4) is 0 Å². The monoisotopic (exact) mass is 537 g/mol. The first kappa shape index (κ1) is 26.5. The molecule has 1 aromatic heterocycles. The number of nitriles is 1. The van der Waals surface area contributed by atoms with Crippen molar-refractivity contribution in [2.75, 3.05) is 0 Å². The molecule has 0 aliphatic heterocycles. The van der Waals surface area contributed by atoms with Crippen LogP contribution in [0.25, 0.3) is 0 Å². The largest absolute Gasteiger partial charge is 0.379 e. The van der Waals surface area contributed by atoms with E-state index in [9.17, 15) is 23.8 Å². The van der Waals surface area contributed by atoms with E-state index in [-0.39, 0.29) is 21.7 Å². The summed E-state index contributed by atoms with van der Waals surface area (Å²) in [5.74, 6) is 0.634. The Hall–Kier alpha value is -3.55. The van der Waals surface area contributed by atoms with Crippen molar-refractivity contribution in [2.24, 2.45) is 16.3 Å². The molecule has 1 aliphatic rings. The Morgan fingerprint density at radius 1 is 1.22 bits per heavy atom. The van der Waals surface area contributed by atoms with Crippen LogP contribution < -0.4 is 4.18 Å². The van der Waals surface area contributed by atoms with Gasteiger partial charge in [-0.15, -0.1) is 11.3 Å². The van der Waals surface area contributed by atoms with E-state index >= 15 is 0 Å². The summed E-state index contributed by atoms with van der Waals surface area (Å²) in [6.07, 6.45) is 4.54. The van der Waals surface area contributed by atoms with E-state index in [0.29, 0.717) is 27.6 Å². The molecule has 10 heteroatoms. The smallest absolute Gasteiger partial charge is 0.339 e. The van der Waals surface area contributed by atoms with Crippen LogP contribution in [0.5, 0.6) is 5.75 Å². The summed E-state index contributed by atoms with van der Waals surface area (Å²) in [6, 6.07) is 12.2. The summed E-state index contributed by atoms with van der Waals surface area (Å²) >= 11 is 1.57. The minimum absolute atomic E-state index is 0.0675. The number of aliphatic imine (C=N–C) groups is 1. The molecule has 0 saturated heterocycles. The first-order valence-corrected chi connectivity index (χ1v) is 14.0. The molecule has 0 unspecified atom stereocenters. The van der Waals surface area contributed by atoms with E-state index in [0.717, 1.165) is 30.9 Å². The molecule has 4 rings (SSSR count). The van der Waals surface area contributed by atoms with Gasteiger partial charge in [0.15, 0.2) is 0 Å². The molecule has 0 N–H and O–H groups in total. The van der Waals surface area contributed by atoms with Gasteiger partial charge in [0.25, 0.3) is 5.69 Å². The highest BCUT2D eigenvalue weighted by Crippen LogP contribution is 2.44. The Kier molecular flexibility index (Phi) is 7.22. The van der Waals surface area contributed by atoms with Crippen LogP contribution >= 0.6 is 11.3 Å². The third kappa shape index (κ3) is 5.73. The Bertz CT molecular complexity index is 1530. The highest BCUT2D eigenvalue weighted by molar-refractivity contribution is 7.87. The van der Waals surface area contributed by atoms with Crippen molar-refractivity contribution >= 4 is 38.4 Å². The second-order valence-electron chi connectivity index (χ2n) is 10.2. The Balaban J connectivity index is 1.50. The van der Waals surface area contributed by atoms with Crippen molar-refractivity contribution in [1.82, 2.24) is 0 Å². The van der Waals surface area contributed by atoms with Gasteiger partial charge >= 0.3 is 10.1 Å². The van der Waals surface area contributed by atoms with Crippen LogP contribution in [0.2, 0.25) is 0 Å². The summed E-state index contributed by atoms with van der Waals surface area (Å²) in [6.45, 7) is 8.29. The van der Waals surface area contributed by atoms with Crippen molar-refractivity contribution in [2.45, 2.75) is 51.9 Å². The summed E-state index contributed by atoms with van der Waals surface area (Å²) in [5.41, 5.74) is 2.74. The van der Waals surface area contributed by atoms with Gasteiger partial charge in [-0.3, -0.25) is 10.1 Å². The number of nitro benzene ring substituents is 1. The average Bonchev–Trinajstić information content (AvgIpc) is 3.19. The van der Waals surface area contributed by atoms with E-state index in [4.69, 9.17) is 4.18 Å². The molecular weight excluding hydrogens is 510 g/mol. The summed E-state index contributed by atoms with van der Waals surface area (Å²) < 4.78 is 30.4. The minimum Gasteiger partial charge on any atom is -0.379 e. The molecule has 37 heavy (non-hydrogen) atoms. The fourth-order valence-electron chi connectivity index (χ4n) is 4.38. The van der Waals surface area contributed by atoms with Gasteiger partial charge in [-0.1, -0.05) is 26.8 Å². The van der Waals surface area contributed by atoms with Gasteiger partial charge in [-0.25, -0.2) is 4.99 Å². The Morgan fingerprint density at radius 2 is 1.92 bits per heavy atom. The lowest BCUT2D eigenvalue weighted by Gasteiger charge is -2.33. The maximum Gasteiger partial charge on any atom is 0.339 e. The van der Waals surface area contributed by atoms with Gasteiger partial charge in [-0.05, 0) is 79.0 Å². The highest BCUT2D eigenvalue weighted by atomic mass is 32.2. The van der Waals surface area contributed by atoms with E-state index in [1.165, 1.54) is 36.1 Å². The van der Waals surface area contributed by atoms with Crippen molar-refractivity contribution in [3.05, 3.63) is 79.7 Å². The molecule has 1 aliphatic carbocycles. The van der Waals surface area contributed by atoms with E-state index in [1.807, 2.05) is 0 Å². The molecule has 0 spiro atoms. The van der Waals surface area contributed by atoms with Gasteiger partial charge in [0.1, 0.15) is 21.7 Å². The Morgan fingerprint density at radius 3 is 2.54 bits per heavy atom. The number of hydrogen-bond acceptors (Lipinski definition) is 8. The van der Waals surface area contributed by atoms with Crippen LogP contribution in [0.4, 0.5) is 10.7 Å². The second kappa shape index (κ2) is 10.1. The number of nitrogens with zero attached hydrogens (tertiary/aromatic N) is 3. The van der Waals surface area contributed by atoms with Crippen molar-refractivity contribution < 1.29 is 17.5 Å². The molecule has 3 aromatic rings. The molecular formula is C27H27N3O5S2. The quantitative estimate of drug-likeness (QED) is 0.153. The van der Waals surface area contributed by atoms with E-state index < -0.39 is 15.0 Å². The number of benzene rings is 2. The predicted octanol–water partition coefficient (Wildman–Crippen LogP) is 6.51. The highest BCUT2D eigenvalue weighted by Gasteiger charge is 2.32. The lowest BCUT2D eigenvalue weighted by molar-refractivity contribution is -0.385. The third-order valence-corrected chi connectivity index (χ3v) is 9.07. The number of fused-ring (bicyclic) bond motifs is 1. The molecule has 1 atom stereocenters. The number of nitro groups is 1. The molecule has 0 amide bonds. The lowest BCUT2D eigenvalue weighted by Crippen LogP contribution is -2.26. The number of hydrogen-bond donors (Lipinski definition) is 0. The summed E-state index contributed by atoms with van der Waals surface area (Å²) in [5, 5.41) is 21.6. The molecule has 0 fully saturated rings. The maximum atomic E-state index is 12.6. The minimum atomic E-state index is -4.25. The van der Waals surface area contributed by atoms with Crippen molar-refractivity contribution in [3.8, 4) is 11.8 Å². The normalized spacial score (nSPS) is 15.8. The predicted molar refractivity (Wildman–Crippen MR) is 143 cm³/mol. The van der Waals surface area contributed by atoms with Crippen LogP contribution in [-0.2, 0) is 23.0 Å². The average molecular weight is 538 g/mol. The maximum absolute atomic E-state index is 12.6. The summed E-state index contributed by atoms with van der Waals surface area (Å²) in [4.78, 5) is 16.0. The van der Waals surface area contributed by atoms with Crippen LogP contribution in [-0.4, -0.2) is 19.6 Å². The van der Waals surface area contributed by atoms with Gasteiger partial charge in [0.05, 0.1) is 10.5 Å². The topological polar surface area (TPSA) is 123 Å². The van der Waals surface area contributed by atoms with Gasteiger partial charge in [0.2, 0.25) is 0 Å². The zero-order valence-electron chi connectivity index (χ0n) is 21.0. The van der Waals surface area contributed by atoms with Crippen LogP contribution in [0.15, 0.2) is 52.4 Å². The van der Waals surface area contributed by atoms with Crippen LogP contribution in [0.1, 0.15) is 54.3 Å². The molecule has 8 nitrogen and oxygen atoms in total. The van der Waals surface area contributed by atoms with Crippen LogP contribution in [0, 0.1) is 39.7 Å². The molecule has 1 heterocycles. The number of rotatable bonds is 6. The fraction of sp³-hybridized carbons (Fsp3) is 0.333. The van der Waals surface area contributed by atoms with Crippen molar-refractivity contribution in [1.29, 1.82) is 5.26 Å². The van der Waals surface area contributed by atoms with E-state index in [1.54, 1.807) is 29.7 Å². The van der Waals surface area contributed by atoms with Crippen molar-refractivity contribution in [3.63, 3.8) is 0 Å². The molecule has 2 aromatic carbocycles. The zero-order chi connectivity index (χ0) is 27.0. The second-order valence-corrected chi connectivity index (χ2v) is 12.8. The fourth-order valence-corrected chi connectivity index (χ4v) is 6.55. The first-order chi connectivity index (χ1) is 17.4. The third-order valence-electron chi connectivity index (χ3n) is 6.67. The van der Waals surface area contributed by atoms with Gasteiger partial charge in [0, 0.05) is 22.7 Å².